The fraction of sp³-hybridized carbons (Fsp3) is 0.182. The maximum Gasteiger partial charge on any atom is 0.336 e. The van der Waals surface area contributed by atoms with Gasteiger partial charge in [-0.3, -0.25) is 4.79 Å². The number of carbonyl (C=O) groups excluding carboxylic acids is 2. The van der Waals surface area contributed by atoms with Crippen molar-refractivity contribution in [1.82, 2.24) is 5.32 Å². The Labute approximate surface area is 195 Å². The molecule has 29 heavy (non-hydrogen) atoms. The van der Waals surface area contributed by atoms with Gasteiger partial charge in [0.25, 0.3) is 0 Å². The van der Waals surface area contributed by atoms with Crippen LogP contribution in [-0.2, 0) is 9.53 Å². The number of dihydropyridines is 1. The summed E-state index contributed by atoms with van der Waals surface area (Å²) >= 11 is 4.12. The number of hydrogen-bond acceptors (Lipinski definition) is 5. The molecule has 1 heterocycles. The third-order valence-electron chi connectivity index (χ3n) is 5.12. The number of esters is 1. The summed E-state index contributed by atoms with van der Waals surface area (Å²) in [5, 5.41) is 13.5. The van der Waals surface area contributed by atoms with Crippen LogP contribution in [0, 0.1) is 7.14 Å². The predicted octanol–water partition coefficient (Wildman–Crippen LogP) is 4.73. The third kappa shape index (κ3) is 3.27. The first-order valence-electron chi connectivity index (χ1n) is 9.06. The monoisotopic (exact) mass is 613 g/mol. The van der Waals surface area contributed by atoms with Crippen molar-refractivity contribution in [2.24, 2.45) is 0 Å². The number of carbonyl (C=O) groups is 2. The number of hydrogen-bond donors (Lipinski definition) is 2. The number of phenolic OH excluding ortho intramolecular Hbond substituents is 1. The zero-order valence-electron chi connectivity index (χ0n) is 15.7. The molecule has 1 atom stereocenters. The quantitative estimate of drug-likeness (QED) is 0.387. The zero-order chi connectivity index (χ0) is 20.9. The van der Waals surface area contributed by atoms with E-state index in [4.69, 9.17) is 4.74 Å². The molecule has 0 bridgehead atoms. The molecule has 0 amide bonds. The summed E-state index contributed by atoms with van der Waals surface area (Å²) in [5.74, 6) is -0.929. The smallest absolute Gasteiger partial charge is 0.336 e. The summed E-state index contributed by atoms with van der Waals surface area (Å²) in [6.45, 7) is 3.82. The van der Waals surface area contributed by atoms with Crippen LogP contribution in [0.1, 0.15) is 41.3 Å². The number of fused-ring (bicyclic) bond motifs is 2. The van der Waals surface area contributed by atoms with Crippen LogP contribution in [-0.4, -0.2) is 23.5 Å². The molecule has 4 rings (SSSR count). The SMILES string of the molecule is CCOC(=O)C1=C(C)NC2=C(C(=O)c3ccccc32)[C@H]1c1cc(I)c(O)c(I)c1. The topological polar surface area (TPSA) is 75.6 Å². The van der Waals surface area contributed by atoms with Gasteiger partial charge in [0.2, 0.25) is 0 Å². The molecule has 1 aliphatic carbocycles. The van der Waals surface area contributed by atoms with Crippen LogP contribution in [0.5, 0.6) is 5.75 Å². The van der Waals surface area contributed by atoms with E-state index >= 15 is 0 Å². The van der Waals surface area contributed by atoms with Crippen molar-refractivity contribution in [2.45, 2.75) is 19.8 Å². The van der Waals surface area contributed by atoms with Crippen molar-refractivity contribution in [2.75, 3.05) is 6.61 Å². The van der Waals surface area contributed by atoms with E-state index in [2.05, 4.69) is 50.5 Å². The van der Waals surface area contributed by atoms with E-state index < -0.39 is 11.9 Å². The van der Waals surface area contributed by atoms with E-state index in [0.29, 0.717) is 29.5 Å². The first kappa shape index (κ1) is 20.4. The highest BCUT2D eigenvalue weighted by Crippen LogP contribution is 2.47. The van der Waals surface area contributed by atoms with Crippen LogP contribution in [0.3, 0.4) is 0 Å². The first-order valence-corrected chi connectivity index (χ1v) is 11.2. The largest absolute Gasteiger partial charge is 0.506 e. The van der Waals surface area contributed by atoms with Crippen molar-refractivity contribution in [1.29, 1.82) is 0 Å². The molecule has 2 aromatic rings. The number of ketones is 1. The third-order valence-corrected chi connectivity index (χ3v) is 6.76. The fourth-order valence-corrected chi connectivity index (χ4v) is 5.71. The Morgan fingerprint density at radius 2 is 1.79 bits per heavy atom. The number of aromatic hydroxyl groups is 1. The van der Waals surface area contributed by atoms with E-state index in [1.807, 2.05) is 37.3 Å². The molecule has 0 fully saturated rings. The van der Waals surface area contributed by atoms with E-state index in [1.54, 1.807) is 13.0 Å². The number of rotatable bonds is 3. The Morgan fingerprint density at radius 3 is 2.41 bits per heavy atom. The number of phenols is 1. The zero-order valence-corrected chi connectivity index (χ0v) is 20.0. The molecular formula is C22H17I2NO4. The lowest BCUT2D eigenvalue weighted by Gasteiger charge is -2.29. The summed E-state index contributed by atoms with van der Waals surface area (Å²) in [5.41, 5.74) is 4.59. The molecular weight excluding hydrogens is 596 g/mol. The lowest BCUT2D eigenvalue weighted by molar-refractivity contribution is -0.138. The van der Waals surface area contributed by atoms with Gasteiger partial charge < -0.3 is 15.2 Å². The Hall–Kier alpha value is -1.88. The summed E-state index contributed by atoms with van der Waals surface area (Å²) in [4.78, 5) is 26.2. The lowest BCUT2D eigenvalue weighted by Crippen LogP contribution is -2.29. The molecule has 2 aromatic carbocycles. The van der Waals surface area contributed by atoms with Gasteiger partial charge in [0.15, 0.2) is 5.78 Å². The second-order valence-electron chi connectivity index (χ2n) is 6.81. The van der Waals surface area contributed by atoms with Crippen LogP contribution in [0.15, 0.2) is 53.2 Å². The molecule has 0 aromatic heterocycles. The van der Waals surface area contributed by atoms with Gasteiger partial charge in [-0.15, -0.1) is 0 Å². The molecule has 0 saturated heterocycles. The number of halogens is 2. The lowest BCUT2D eigenvalue weighted by atomic mass is 9.80. The standard InChI is InChI=1S/C22H17I2NO4/c1-3-29-22(28)16-10(2)25-19-12-6-4-5-7-13(12)20(26)18(19)17(16)11-8-14(23)21(27)15(24)9-11/h4-9,17,25,27H,3H2,1-2H3/t17-/m0/s1. The second-order valence-corrected chi connectivity index (χ2v) is 9.14. The summed E-state index contributed by atoms with van der Waals surface area (Å²) in [6, 6.07) is 11.1. The summed E-state index contributed by atoms with van der Waals surface area (Å²) in [6.07, 6.45) is 0. The molecule has 0 saturated carbocycles. The predicted molar refractivity (Wildman–Crippen MR) is 126 cm³/mol. The number of ether oxygens (including phenoxy) is 1. The number of benzene rings is 2. The van der Waals surface area contributed by atoms with Crippen LogP contribution in [0.25, 0.3) is 5.70 Å². The Kier molecular flexibility index (Phi) is 5.45. The number of nitrogens with one attached hydrogen (secondary N) is 1. The Morgan fingerprint density at radius 1 is 1.17 bits per heavy atom. The van der Waals surface area contributed by atoms with Crippen molar-refractivity contribution >= 4 is 62.6 Å². The van der Waals surface area contributed by atoms with E-state index in [9.17, 15) is 14.7 Å². The van der Waals surface area contributed by atoms with Gasteiger partial charge in [0.1, 0.15) is 5.75 Å². The van der Waals surface area contributed by atoms with Gasteiger partial charge >= 0.3 is 5.97 Å². The van der Waals surface area contributed by atoms with Gasteiger partial charge in [-0.2, -0.15) is 0 Å². The average Bonchev–Trinajstić information content (AvgIpc) is 2.97. The van der Waals surface area contributed by atoms with Crippen molar-refractivity contribution in [3.05, 3.63) is 77.1 Å². The minimum Gasteiger partial charge on any atom is -0.506 e. The minimum absolute atomic E-state index is 0.0968. The number of allylic oxidation sites excluding steroid dienone is 2. The molecule has 148 valence electrons. The van der Waals surface area contributed by atoms with Gasteiger partial charge in [0.05, 0.1) is 25.0 Å². The molecule has 7 heteroatoms. The Bertz CT molecular complexity index is 1110. The van der Waals surface area contributed by atoms with Crippen LogP contribution >= 0.6 is 45.2 Å². The van der Waals surface area contributed by atoms with Gasteiger partial charge in [-0.05, 0) is 76.7 Å². The fourth-order valence-electron chi connectivity index (χ4n) is 3.89. The molecule has 5 nitrogen and oxygen atoms in total. The van der Waals surface area contributed by atoms with Gasteiger partial charge in [-0.1, -0.05) is 24.3 Å². The molecule has 2 aliphatic rings. The van der Waals surface area contributed by atoms with E-state index in [0.717, 1.165) is 16.8 Å². The molecule has 2 N–H and O–H groups in total. The second kappa shape index (κ2) is 7.75. The van der Waals surface area contributed by atoms with Crippen LogP contribution in [0.4, 0.5) is 0 Å². The maximum absolute atomic E-state index is 13.4. The molecule has 1 aliphatic heterocycles. The molecule has 0 spiro atoms. The molecule has 0 unspecified atom stereocenters. The first-order chi connectivity index (χ1) is 13.8. The van der Waals surface area contributed by atoms with Gasteiger partial charge in [0, 0.05) is 28.3 Å². The van der Waals surface area contributed by atoms with Crippen LogP contribution in [0.2, 0.25) is 0 Å². The minimum atomic E-state index is -0.576. The molecule has 0 radical (unpaired) electrons. The average molecular weight is 613 g/mol. The summed E-state index contributed by atoms with van der Waals surface area (Å²) < 4.78 is 6.65. The highest BCUT2D eigenvalue weighted by atomic mass is 127. The van der Waals surface area contributed by atoms with Crippen molar-refractivity contribution in [3.63, 3.8) is 0 Å². The van der Waals surface area contributed by atoms with Crippen LogP contribution < -0.4 is 5.32 Å². The highest BCUT2D eigenvalue weighted by Gasteiger charge is 2.43. The normalized spacial score (nSPS) is 17.8. The summed E-state index contributed by atoms with van der Waals surface area (Å²) in [7, 11) is 0. The number of Topliss-reactive ketones (excluding diaryl/α,β-unsaturated/α-hetero) is 1. The highest BCUT2D eigenvalue weighted by molar-refractivity contribution is 14.1. The Balaban J connectivity index is 1.97. The van der Waals surface area contributed by atoms with Crippen molar-refractivity contribution < 1.29 is 19.4 Å². The maximum atomic E-state index is 13.4. The van der Waals surface area contributed by atoms with E-state index in [1.165, 1.54) is 0 Å². The van der Waals surface area contributed by atoms with Gasteiger partial charge in [-0.25, -0.2) is 4.79 Å². The van der Waals surface area contributed by atoms with E-state index in [-0.39, 0.29) is 18.1 Å². The van der Waals surface area contributed by atoms with Crippen molar-refractivity contribution in [3.8, 4) is 5.75 Å².